The molecule has 7 nitrogen and oxygen atoms in total. The van der Waals surface area contributed by atoms with E-state index in [0.717, 1.165) is 0 Å². The number of benzene rings is 2. The number of primary sulfonamides is 1. The van der Waals surface area contributed by atoms with E-state index in [2.05, 4.69) is 0 Å². The average Bonchev–Trinajstić information content (AvgIpc) is 2.42. The van der Waals surface area contributed by atoms with Crippen LogP contribution in [0, 0.1) is 11.3 Å². The molecule has 0 bridgehead atoms. The second-order valence-corrected chi connectivity index (χ2v) is 6.36. The largest absolute Gasteiger partial charge is 0.478 e. The number of aromatic carboxylic acids is 1. The molecular formula is C14H13N3O4S. The predicted molar refractivity (Wildman–Crippen MR) is 81.3 cm³/mol. The van der Waals surface area contributed by atoms with Crippen molar-refractivity contribution in [1.29, 1.82) is 5.26 Å². The van der Waals surface area contributed by atoms with E-state index >= 15 is 0 Å². The quantitative estimate of drug-likeness (QED) is 0.873. The Balaban J connectivity index is 3.17. The number of hydrogen-bond donors (Lipinski definition) is 2. The summed E-state index contributed by atoms with van der Waals surface area (Å²) in [4.78, 5) is 12.6. The van der Waals surface area contributed by atoms with Crippen LogP contribution in [0.1, 0.15) is 15.9 Å². The summed E-state index contributed by atoms with van der Waals surface area (Å²) in [5, 5.41) is 24.3. The van der Waals surface area contributed by atoms with Gasteiger partial charge in [0.05, 0.1) is 11.1 Å². The van der Waals surface area contributed by atoms with E-state index in [1.807, 2.05) is 0 Å². The minimum absolute atomic E-state index is 0.218. The third-order valence-electron chi connectivity index (χ3n) is 3.22. The van der Waals surface area contributed by atoms with E-state index in [1.54, 1.807) is 37.2 Å². The maximum absolute atomic E-state index is 11.9. The van der Waals surface area contributed by atoms with Crippen LogP contribution in [0.3, 0.4) is 0 Å². The lowest BCUT2D eigenvalue weighted by Gasteiger charge is -2.18. The Morgan fingerprint density at radius 2 is 1.95 bits per heavy atom. The Hall–Kier alpha value is -2.63. The van der Waals surface area contributed by atoms with E-state index < -0.39 is 32.0 Å². The van der Waals surface area contributed by atoms with Gasteiger partial charge in [-0.3, -0.25) is 0 Å². The molecule has 0 heterocycles. The van der Waals surface area contributed by atoms with Crippen molar-refractivity contribution in [2.75, 3.05) is 19.0 Å². The normalized spacial score (nSPS) is 11.2. The summed E-state index contributed by atoms with van der Waals surface area (Å²) >= 11 is 0. The van der Waals surface area contributed by atoms with Gasteiger partial charge in [0, 0.05) is 30.6 Å². The standard InChI is InChI=1S/C14H13N3O4S/c1-17(2)12-5-3-4-8-9(12)6-10(14(18)19)11(7-15)13(8)22(16,20)21/h3-6H,1-2H3,(H,18,19)(H2,16,20,21). The van der Waals surface area contributed by atoms with Gasteiger partial charge >= 0.3 is 5.97 Å². The predicted octanol–water partition coefficient (Wildman–Crippen LogP) is 1.12. The lowest BCUT2D eigenvalue weighted by molar-refractivity contribution is 0.0696. The molecule has 0 saturated heterocycles. The molecule has 114 valence electrons. The summed E-state index contributed by atoms with van der Waals surface area (Å²) in [6.07, 6.45) is 0. The van der Waals surface area contributed by atoms with E-state index in [-0.39, 0.29) is 5.39 Å². The number of nitrogens with two attached hydrogens (primary N) is 1. The summed E-state index contributed by atoms with van der Waals surface area (Å²) in [5.41, 5.74) is -0.235. The zero-order chi connectivity index (χ0) is 16.7. The molecule has 8 heteroatoms. The lowest BCUT2D eigenvalue weighted by Crippen LogP contribution is -2.17. The van der Waals surface area contributed by atoms with E-state index in [9.17, 15) is 23.6 Å². The van der Waals surface area contributed by atoms with Crippen LogP contribution in [0.5, 0.6) is 0 Å². The molecule has 2 rings (SSSR count). The first-order valence-electron chi connectivity index (χ1n) is 6.11. The number of carboxylic acids is 1. The van der Waals surface area contributed by atoms with Gasteiger partial charge in [-0.15, -0.1) is 0 Å². The first-order valence-corrected chi connectivity index (χ1v) is 7.66. The molecule has 0 aliphatic heterocycles. The van der Waals surface area contributed by atoms with Gasteiger partial charge in [-0.05, 0) is 12.1 Å². The molecule has 0 aliphatic carbocycles. The van der Waals surface area contributed by atoms with E-state index in [0.29, 0.717) is 11.1 Å². The maximum atomic E-state index is 11.9. The molecule has 0 amide bonds. The molecule has 0 saturated carbocycles. The van der Waals surface area contributed by atoms with E-state index in [4.69, 9.17) is 5.14 Å². The lowest BCUT2D eigenvalue weighted by atomic mass is 10.00. The molecule has 0 radical (unpaired) electrons. The number of sulfonamides is 1. The molecule has 3 N–H and O–H groups in total. The van der Waals surface area contributed by atoms with Gasteiger partial charge in [-0.25, -0.2) is 18.4 Å². The Morgan fingerprint density at radius 1 is 1.32 bits per heavy atom. The Bertz CT molecular complexity index is 927. The third kappa shape index (κ3) is 2.47. The van der Waals surface area contributed by atoms with Crippen LogP contribution < -0.4 is 10.0 Å². The Kier molecular flexibility index (Phi) is 3.79. The first-order chi connectivity index (χ1) is 10.2. The maximum Gasteiger partial charge on any atom is 0.337 e. The van der Waals surface area contributed by atoms with Crippen molar-refractivity contribution >= 4 is 32.5 Å². The first kappa shape index (κ1) is 15.8. The van der Waals surface area contributed by atoms with Crippen LogP contribution >= 0.6 is 0 Å². The molecule has 0 atom stereocenters. The fourth-order valence-electron chi connectivity index (χ4n) is 2.34. The topological polar surface area (TPSA) is 124 Å². The minimum atomic E-state index is -4.28. The van der Waals surface area contributed by atoms with Gasteiger partial charge in [0.15, 0.2) is 0 Å². The minimum Gasteiger partial charge on any atom is -0.478 e. The zero-order valence-corrected chi connectivity index (χ0v) is 12.7. The molecule has 22 heavy (non-hydrogen) atoms. The van der Waals surface area contributed by atoms with Crippen molar-refractivity contribution in [3.05, 3.63) is 35.4 Å². The molecule has 0 aromatic heterocycles. The number of fused-ring (bicyclic) bond motifs is 1. The molecule has 0 unspecified atom stereocenters. The Labute approximate surface area is 127 Å². The van der Waals surface area contributed by atoms with Gasteiger partial charge < -0.3 is 10.0 Å². The second-order valence-electron chi connectivity index (χ2n) is 4.86. The monoisotopic (exact) mass is 319 g/mol. The third-order valence-corrected chi connectivity index (χ3v) is 4.21. The number of carboxylic acid groups (broad SMARTS) is 1. The molecule has 0 aliphatic rings. The smallest absolute Gasteiger partial charge is 0.337 e. The molecule has 0 spiro atoms. The summed E-state index contributed by atoms with van der Waals surface area (Å²) < 4.78 is 23.8. The van der Waals surface area contributed by atoms with Gasteiger partial charge in [0.1, 0.15) is 11.0 Å². The number of nitrogens with zero attached hydrogens (tertiary/aromatic N) is 2. The van der Waals surface area contributed by atoms with Gasteiger partial charge in [-0.2, -0.15) is 5.26 Å². The second kappa shape index (κ2) is 5.29. The summed E-state index contributed by atoms with van der Waals surface area (Å²) in [5.74, 6) is -1.39. The molecule has 0 fully saturated rings. The highest BCUT2D eigenvalue weighted by molar-refractivity contribution is 7.89. The SMILES string of the molecule is CN(C)c1cccc2c(S(N)(=O)=O)c(C#N)c(C(=O)O)cc12. The number of nitriles is 1. The number of hydrogen-bond acceptors (Lipinski definition) is 5. The Morgan fingerprint density at radius 3 is 2.41 bits per heavy atom. The fourth-order valence-corrected chi connectivity index (χ4v) is 3.27. The van der Waals surface area contributed by atoms with Crippen molar-refractivity contribution in [3.8, 4) is 6.07 Å². The molecule has 2 aromatic carbocycles. The molecule has 2 aromatic rings. The fraction of sp³-hybridized carbons (Fsp3) is 0.143. The van der Waals surface area contributed by atoms with Crippen LogP contribution in [0.25, 0.3) is 10.8 Å². The highest BCUT2D eigenvalue weighted by Crippen LogP contribution is 2.34. The van der Waals surface area contributed by atoms with Crippen molar-refractivity contribution in [2.45, 2.75) is 4.90 Å². The van der Waals surface area contributed by atoms with Crippen molar-refractivity contribution in [3.63, 3.8) is 0 Å². The highest BCUT2D eigenvalue weighted by Gasteiger charge is 2.25. The zero-order valence-electron chi connectivity index (χ0n) is 11.9. The summed E-state index contributed by atoms with van der Waals surface area (Å²) in [6.45, 7) is 0. The van der Waals surface area contributed by atoms with Crippen molar-refractivity contribution in [2.24, 2.45) is 5.14 Å². The highest BCUT2D eigenvalue weighted by atomic mass is 32.2. The van der Waals surface area contributed by atoms with Crippen LogP contribution in [0.4, 0.5) is 5.69 Å². The van der Waals surface area contributed by atoms with Crippen LogP contribution in [-0.4, -0.2) is 33.6 Å². The van der Waals surface area contributed by atoms with Crippen molar-refractivity contribution in [1.82, 2.24) is 0 Å². The van der Waals surface area contributed by atoms with Gasteiger partial charge in [0.25, 0.3) is 0 Å². The van der Waals surface area contributed by atoms with E-state index in [1.165, 1.54) is 12.1 Å². The summed E-state index contributed by atoms with van der Waals surface area (Å²) in [6, 6.07) is 7.76. The van der Waals surface area contributed by atoms with Gasteiger partial charge in [-0.1, -0.05) is 12.1 Å². The van der Waals surface area contributed by atoms with Gasteiger partial charge in [0.2, 0.25) is 10.0 Å². The van der Waals surface area contributed by atoms with Crippen LogP contribution in [-0.2, 0) is 10.0 Å². The summed E-state index contributed by atoms with van der Waals surface area (Å²) in [7, 11) is -0.795. The molecular weight excluding hydrogens is 306 g/mol. The van der Waals surface area contributed by atoms with Crippen molar-refractivity contribution < 1.29 is 18.3 Å². The number of anilines is 1. The van der Waals surface area contributed by atoms with Crippen LogP contribution in [0.2, 0.25) is 0 Å². The average molecular weight is 319 g/mol. The number of carbonyl (C=O) groups is 1. The van der Waals surface area contributed by atoms with Crippen LogP contribution in [0.15, 0.2) is 29.2 Å². The number of rotatable bonds is 3.